The van der Waals surface area contributed by atoms with E-state index in [0.29, 0.717) is 5.69 Å². The van der Waals surface area contributed by atoms with Crippen LogP contribution in [0.4, 0.5) is 14.5 Å². The highest BCUT2D eigenvalue weighted by Gasteiger charge is 2.15. The van der Waals surface area contributed by atoms with Crippen molar-refractivity contribution in [2.75, 3.05) is 5.32 Å². The van der Waals surface area contributed by atoms with E-state index in [1.54, 1.807) is 29.1 Å². The van der Waals surface area contributed by atoms with Crippen LogP contribution in [-0.4, -0.2) is 27.3 Å². The third-order valence-corrected chi connectivity index (χ3v) is 4.40. The number of nitrogens with zero attached hydrogens (tertiary/aromatic N) is 3. The number of hydrogen-bond donors (Lipinski definition) is 1. The number of alkyl halides is 2. The number of benzene rings is 2. The summed E-state index contributed by atoms with van der Waals surface area (Å²) in [7, 11) is 1.84. The van der Waals surface area contributed by atoms with E-state index in [2.05, 4.69) is 20.3 Å². The summed E-state index contributed by atoms with van der Waals surface area (Å²) in [6.45, 7) is -3.00. The molecule has 3 rings (SSSR count). The SMILES string of the molecule is Cn1cnnc1Sc1ccc(NC(=O)c2ccccc2OC(F)F)cc1. The standard InChI is InChI=1S/C17H14F2N4O2S/c1-23-10-20-22-17(23)26-12-8-6-11(7-9-12)21-15(24)13-4-2-3-5-14(13)25-16(18)19/h2-10,16H,1H3,(H,21,24). The Kier molecular flexibility index (Phi) is 5.47. The zero-order valence-electron chi connectivity index (χ0n) is 13.6. The molecular formula is C17H14F2N4O2S. The molecule has 3 aromatic rings. The first-order chi connectivity index (χ1) is 12.5. The normalized spacial score (nSPS) is 10.8. The van der Waals surface area contributed by atoms with Gasteiger partial charge in [0.05, 0.1) is 5.56 Å². The molecule has 0 aliphatic rings. The molecule has 1 aromatic heterocycles. The van der Waals surface area contributed by atoms with Crippen LogP contribution in [0.15, 0.2) is 64.9 Å². The molecular weight excluding hydrogens is 362 g/mol. The number of anilines is 1. The maximum atomic E-state index is 12.5. The maximum Gasteiger partial charge on any atom is 0.387 e. The number of hydrogen-bond acceptors (Lipinski definition) is 5. The van der Waals surface area contributed by atoms with Gasteiger partial charge in [-0.15, -0.1) is 10.2 Å². The second-order valence-electron chi connectivity index (χ2n) is 5.18. The van der Waals surface area contributed by atoms with E-state index >= 15 is 0 Å². The van der Waals surface area contributed by atoms with Crippen LogP contribution < -0.4 is 10.1 Å². The highest BCUT2D eigenvalue weighted by molar-refractivity contribution is 7.99. The minimum atomic E-state index is -3.00. The fourth-order valence-electron chi connectivity index (χ4n) is 2.13. The smallest absolute Gasteiger partial charge is 0.387 e. The van der Waals surface area contributed by atoms with E-state index in [-0.39, 0.29) is 11.3 Å². The topological polar surface area (TPSA) is 69.0 Å². The van der Waals surface area contributed by atoms with E-state index in [0.717, 1.165) is 10.1 Å². The fraction of sp³-hybridized carbons (Fsp3) is 0.118. The Hall–Kier alpha value is -2.94. The molecule has 0 saturated heterocycles. The molecule has 0 aliphatic carbocycles. The third-order valence-electron chi connectivity index (χ3n) is 3.34. The van der Waals surface area contributed by atoms with E-state index < -0.39 is 12.5 Å². The Morgan fingerprint density at radius 3 is 2.58 bits per heavy atom. The number of aryl methyl sites for hydroxylation is 1. The number of halogens is 2. The van der Waals surface area contributed by atoms with E-state index in [1.165, 1.54) is 30.0 Å². The molecule has 2 aromatic carbocycles. The minimum Gasteiger partial charge on any atom is -0.434 e. The van der Waals surface area contributed by atoms with Gasteiger partial charge in [-0.1, -0.05) is 12.1 Å². The van der Waals surface area contributed by atoms with Crippen molar-refractivity contribution in [1.82, 2.24) is 14.8 Å². The monoisotopic (exact) mass is 376 g/mol. The zero-order valence-corrected chi connectivity index (χ0v) is 14.4. The lowest BCUT2D eigenvalue weighted by Crippen LogP contribution is -2.14. The molecule has 9 heteroatoms. The van der Waals surface area contributed by atoms with Gasteiger partial charge in [-0.25, -0.2) is 0 Å². The first kappa shape index (κ1) is 17.9. The van der Waals surface area contributed by atoms with Crippen LogP contribution in [0.3, 0.4) is 0 Å². The maximum absolute atomic E-state index is 12.5. The van der Waals surface area contributed by atoms with Crippen molar-refractivity contribution < 1.29 is 18.3 Å². The Balaban J connectivity index is 1.69. The van der Waals surface area contributed by atoms with Gasteiger partial charge < -0.3 is 14.6 Å². The van der Waals surface area contributed by atoms with Gasteiger partial charge in [-0.2, -0.15) is 8.78 Å². The van der Waals surface area contributed by atoms with Crippen molar-refractivity contribution in [1.29, 1.82) is 0 Å². The number of amides is 1. The van der Waals surface area contributed by atoms with Gasteiger partial charge in [0.2, 0.25) is 0 Å². The number of nitrogens with one attached hydrogen (secondary N) is 1. The average Bonchev–Trinajstić information content (AvgIpc) is 3.01. The molecule has 26 heavy (non-hydrogen) atoms. The second kappa shape index (κ2) is 7.96. The molecule has 1 amide bonds. The van der Waals surface area contributed by atoms with Crippen LogP contribution in [0.1, 0.15) is 10.4 Å². The van der Waals surface area contributed by atoms with Crippen molar-refractivity contribution in [3.63, 3.8) is 0 Å². The second-order valence-corrected chi connectivity index (χ2v) is 6.22. The van der Waals surface area contributed by atoms with Gasteiger partial charge in [0.25, 0.3) is 5.91 Å². The predicted octanol–water partition coefficient (Wildman–Crippen LogP) is 3.82. The molecule has 0 atom stereocenters. The van der Waals surface area contributed by atoms with Crippen molar-refractivity contribution in [3.8, 4) is 5.75 Å². The summed E-state index contributed by atoms with van der Waals surface area (Å²) in [6, 6.07) is 12.9. The largest absolute Gasteiger partial charge is 0.434 e. The van der Waals surface area contributed by atoms with E-state index in [4.69, 9.17) is 0 Å². The first-order valence-electron chi connectivity index (χ1n) is 7.50. The Morgan fingerprint density at radius 1 is 1.19 bits per heavy atom. The Bertz CT molecular complexity index is 900. The summed E-state index contributed by atoms with van der Waals surface area (Å²) >= 11 is 1.43. The molecule has 0 saturated carbocycles. The fourth-order valence-corrected chi connectivity index (χ4v) is 2.89. The number of para-hydroxylation sites is 1. The molecule has 1 N–H and O–H groups in total. The van der Waals surface area contributed by atoms with Crippen LogP contribution in [0.5, 0.6) is 5.75 Å². The molecule has 0 unspecified atom stereocenters. The third kappa shape index (κ3) is 4.37. The lowest BCUT2D eigenvalue weighted by atomic mass is 10.2. The lowest BCUT2D eigenvalue weighted by Gasteiger charge is -2.11. The van der Waals surface area contributed by atoms with Crippen molar-refractivity contribution in [2.24, 2.45) is 7.05 Å². The molecule has 0 bridgehead atoms. The average molecular weight is 376 g/mol. The highest BCUT2D eigenvalue weighted by Crippen LogP contribution is 2.27. The summed E-state index contributed by atoms with van der Waals surface area (Å²) in [6.07, 6.45) is 1.61. The first-order valence-corrected chi connectivity index (χ1v) is 8.31. The Morgan fingerprint density at radius 2 is 1.92 bits per heavy atom. The summed E-state index contributed by atoms with van der Waals surface area (Å²) in [5.74, 6) is -0.704. The van der Waals surface area contributed by atoms with Gasteiger partial charge >= 0.3 is 6.61 Å². The lowest BCUT2D eigenvalue weighted by molar-refractivity contribution is -0.0501. The molecule has 0 aliphatic heterocycles. The van der Waals surface area contributed by atoms with Crippen LogP contribution >= 0.6 is 11.8 Å². The van der Waals surface area contributed by atoms with Crippen LogP contribution in [0, 0.1) is 0 Å². The van der Waals surface area contributed by atoms with Gasteiger partial charge in [-0.05, 0) is 48.2 Å². The number of ether oxygens (including phenoxy) is 1. The van der Waals surface area contributed by atoms with Crippen molar-refractivity contribution in [3.05, 3.63) is 60.4 Å². The quantitative estimate of drug-likeness (QED) is 0.708. The predicted molar refractivity (Wildman–Crippen MR) is 92.6 cm³/mol. The molecule has 134 valence electrons. The number of aromatic nitrogens is 3. The summed E-state index contributed by atoms with van der Waals surface area (Å²) in [5, 5.41) is 11.2. The van der Waals surface area contributed by atoms with Crippen LogP contribution in [-0.2, 0) is 7.05 Å². The molecule has 0 spiro atoms. The minimum absolute atomic E-state index is 0.0327. The zero-order chi connectivity index (χ0) is 18.5. The van der Waals surface area contributed by atoms with Crippen LogP contribution in [0.25, 0.3) is 0 Å². The van der Waals surface area contributed by atoms with E-state index in [9.17, 15) is 13.6 Å². The van der Waals surface area contributed by atoms with Gasteiger partial charge in [0.15, 0.2) is 5.16 Å². The van der Waals surface area contributed by atoms with E-state index in [1.807, 2.05) is 19.2 Å². The van der Waals surface area contributed by atoms with Crippen molar-refractivity contribution >= 4 is 23.4 Å². The molecule has 0 radical (unpaired) electrons. The molecule has 6 nitrogen and oxygen atoms in total. The summed E-state index contributed by atoms with van der Waals surface area (Å²) in [5.41, 5.74) is 0.564. The van der Waals surface area contributed by atoms with Crippen LogP contribution in [0.2, 0.25) is 0 Å². The number of rotatable bonds is 6. The summed E-state index contributed by atoms with van der Waals surface area (Å²) in [4.78, 5) is 13.3. The highest BCUT2D eigenvalue weighted by atomic mass is 32.2. The molecule has 0 fully saturated rings. The van der Waals surface area contributed by atoms with Gasteiger partial charge in [-0.3, -0.25) is 4.79 Å². The number of carbonyl (C=O) groups excluding carboxylic acids is 1. The van der Waals surface area contributed by atoms with Gasteiger partial charge in [0, 0.05) is 17.6 Å². The van der Waals surface area contributed by atoms with Gasteiger partial charge in [0.1, 0.15) is 12.1 Å². The number of carbonyl (C=O) groups is 1. The summed E-state index contributed by atoms with van der Waals surface area (Å²) < 4.78 is 31.1. The molecule has 1 heterocycles. The Labute approximate surface area is 152 Å². The van der Waals surface area contributed by atoms with Crippen molar-refractivity contribution in [2.45, 2.75) is 16.7 Å².